The summed E-state index contributed by atoms with van der Waals surface area (Å²) in [6.07, 6.45) is 2.22. The van der Waals surface area contributed by atoms with E-state index in [0.717, 1.165) is 19.4 Å². The number of hydrogen-bond acceptors (Lipinski definition) is 4. The zero-order valence-corrected chi connectivity index (χ0v) is 10.5. The molecule has 1 saturated carbocycles. The van der Waals surface area contributed by atoms with Crippen LogP contribution in [0, 0.1) is 0 Å². The quantitative estimate of drug-likeness (QED) is 0.687. The minimum Gasteiger partial charge on any atom is -0.399 e. The normalized spacial score (nSPS) is 22.3. The fraction of sp³-hybridized carbons (Fsp3) is 0.462. The number of nitrogens with two attached hydrogens (primary N) is 2. The van der Waals surface area contributed by atoms with Crippen LogP contribution in [0.1, 0.15) is 30.1 Å². The average Bonchev–Trinajstić information content (AvgIpc) is 2.26. The van der Waals surface area contributed by atoms with Crippen LogP contribution in [0.15, 0.2) is 18.2 Å². The maximum atomic E-state index is 11.3. The van der Waals surface area contributed by atoms with Gasteiger partial charge in [0.25, 0.3) is 5.91 Å². The summed E-state index contributed by atoms with van der Waals surface area (Å²) < 4.78 is 5.49. The Morgan fingerprint density at radius 1 is 1.50 bits per heavy atom. The van der Waals surface area contributed by atoms with E-state index >= 15 is 0 Å². The number of carbonyl (C=O) groups is 1. The summed E-state index contributed by atoms with van der Waals surface area (Å²) in [6, 6.07) is 5.39. The van der Waals surface area contributed by atoms with Gasteiger partial charge < -0.3 is 21.5 Å². The topological polar surface area (TPSA) is 90.4 Å². The summed E-state index contributed by atoms with van der Waals surface area (Å²) in [4.78, 5) is 11.3. The van der Waals surface area contributed by atoms with Gasteiger partial charge in [0.2, 0.25) is 0 Å². The van der Waals surface area contributed by atoms with E-state index in [1.54, 1.807) is 18.2 Å². The highest BCUT2D eigenvalue weighted by Gasteiger charge is 2.30. The molecule has 5 N–H and O–H groups in total. The first-order chi connectivity index (χ1) is 8.60. The van der Waals surface area contributed by atoms with Crippen LogP contribution in [0.5, 0.6) is 0 Å². The van der Waals surface area contributed by atoms with Gasteiger partial charge in [0.05, 0.1) is 11.7 Å². The van der Waals surface area contributed by atoms with Crippen molar-refractivity contribution >= 4 is 17.3 Å². The maximum absolute atomic E-state index is 11.3. The Labute approximate surface area is 106 Å². The number of rotatable bonds is 5. The molecule has 0 aliphatic heterocycles. The van der Waals surface area contributed by atoms with E-state index in [-0.39, 0.29) is 0 Å². The molecule has 0 heterocycles. The molecule has 5 nitrogen and oxygen atoms in total. The van der Waals surface area contributed by atoms with E-state index < -0.39 is 5.91 Å². The molecule has 0 radical (unpaired) electrons. The molecule has 98 valence electrons. The van der Waals surface area contributed by atoms with Crippen LogP contribution in [-0.2, 0) is 4.74 Å². The van der Waals surface area contributed by atoms with Gasteiger partial charge in [0, 0.05) is 24.0 Å². The summed E-state index contributed by atoms with van der Waals surface area (Å²) >= 11 is 0. The lowest BCUT2D eigenvalue weighted by Gasteiger charge is -2.36. The van der Waals surface area contributed by atoms with Gasteiger partial charge >= 0.3 is 0 Å². The van der Waals surface area contributed by atoms with E-state index in [1.165, 1.54) is 0 Å². The van der Waals surface area contributed by atoms with Crippen molar-refractivity contribution < 1.29 is 9.53 Å². The summed E-state index contributed by atoms with van der Waals surface area (Å²) in [5.41, 5.74) is 12.9. The number of benzene rings is 1. The van der Waals surface area contributed by atoms with Crippen molar-refractivity contribution in [1.29, 1.82) is 0 Å². The minimum absolute atomic E-state index is 0.321. The second-order valence-corrected chi connectivity index (χ2v) is 4.56. The lowest BCUT2D eigenvalue weighted by molar-refractivity contribution is 0.00299. The highest BCUT2D eigenvalue weighted by molar-refractivity contribution is 5.99. The van der Waals surface area contributed by atoms with Crippen LogP contribution < -0.4 is 16.8 Å². The average molecular weight is 249 g/mol. The van der Waals surface area contributed by atoms with Gasteiger partial charge in [-0.25, -0.2) is 0 Å². The molecule has 1 aromatic rings. The number of anilines is 2. The Bertz CT molecular complexity index is 442. The molecule has 2 rings (SSSR count). The molecule has 5 heteroatoms. The van der Waals surface area contributed by atoms with Gasteiger partial charge in [0.1, 0.15) is 0 Å². The maximum Gasteiger partial charge on any atom is 0.250 e. The monoisotopic (exact) mass is 249 g/mol. The van der Waals surface area contributed by atoms with Crippen molar-refractivity contribution in [2.45, 2.75) is 31.9 Å². The fourth-order valence-corrected chi connectivity index (χ4v) is 2.17. The van der Waals surface area contributed by atoms with Crippen LogP contribution in [0.2, 0.25) is 0 Å². The minimum atomic E-state index is -0.446. The molecule has 0 atom stereocenters. The van der Waals surface area contributed by atoms with Crippen molar-refractivity contribution in [1.82, 2.24) is 0 Å². The Kier molecular flexibility index (Phi) is 3.72. The van der Waals surface area contributed by atoms with Gasteiger partial charge in [-0.1, -0.05) is 0 Å². The molecule has 0 saturated heterocycles. The van der Waals surface area contributed by atoms with Crippen LogP contribution in [0.3, 0.4) is 0 Å². The molecule has 1 aliphatic rings. The van der Waals surface area contributed by atoms with Crippen molar-refractivity contribution in [3.8, 4) is 0 Å². The van der Waals surface area contributed by atoms with E-state index in [1.807, 2.05) is 6.92 Å². The van der Waals surface area contributed by atoms with Crippen molar-refractivity contribution in [3.05, 3.63) is 23.8 Å². The molecule has 0 bridgehead atoms. The molecule has 1 aliphatic carbocycles. The number of ether oxygens (including phenoxy) is 1. The SMILES string of the molecule is CCOC1CC(Nc2cc(N)ccc2C(N)=O)C1. The Balaban J connectivity index is 2.01. The number of hydrogen-bond donors (Lipinski definition) is 3. The van der Waals surface area contributed by atoms with Gasteiger partial charge in [-0.15, -0.1) is 0 Å². The molecule has 1 aromatic carbocycles. The van der Waals surface area contributed by atoms with Crippen LogP contribution in [-0.4, -0.2) is 24.7 Å². The third-order valence-corrected chi connectivity index (χ3v) is 3.17. The predicted molar refractivity (Wildman–Crippen MR) is 71.4 cm³/mol. The first-order valence-electron chi connectivity index (χ1n) is 6.17. The van der Waals surface area contributed by atoms with Gasteiger partial charge in [-0.2, -0.15) is 0 Å². The molecule has 0 aromatic heterocycles. The smallest absolute Gasteiger partial charge is 0.250 e. The second-order valence-electron chi connectivity index (χ2n) is 4.56. The zero-order chi connectivity index (χ0) is 13.1. The number of amides is 1. The highest BCUT2D eigenvalue weighted by Crippen LogP contribution is 2.29. The molecule has 18 heavy (non-hydrogen) atoms. The fourth-order valence-electron chi connectivity index (χ4n) is 2.17. The number of nitrogen functional groups attached to an aromatic ring is 1. The first-order valence-corrected chi connectivity index (χ1v) is 6.17. The Morgan fingerprint density at radius 2 is 2.22 bits per heavy atom. The molecular formula is C13H19N3O2. The van der Waals surface area contributed by atoms with Gasteiger partial charge in [-0.05, 0) is 38.0 Å². The van der Waals surface area contributed by atoms with Crippen LogP contribution >= 0.6 is 0 Å². The van der Waals surface area contributed by atoms with E-state index in [0.29, 0.717) is 29.1 Å². The van der Waals surface area contributed by atoms with Gasteiger partial charge in [-0.3, -0.25) is 4.79 Å². The summed E-state index contributed by atoms with van der Waals surface area (Å²) in [5.74, 6) is -0.446. The molecule has 1 amide bonds. The molecule has 0 unspecified atom stereocenters. The standard InChI is InChI=1S/C13H19N3O2/c1-2-18-10-6-9(7-10)16-12-5-8(14)3-4-11(12)13(15)17/h3-5,9-10,16H,2,6-7,14H2,1H3,(H2,15,17). The first kappa shape index (κ1) is 12.7. The Hall–Kier alpha value is -1.75. The van der Waals surface area contributed by atoms with E-state index in [4.69, 9.17) is 16.2 Å². The zero-order valence-electron chi connectivity index (χ0n) is 10.5. The second kappa shape index (κ2) is 5.27. The van der Waals surface area contributed by atoms with Crippen molar-refractivity contribution in [2.24, 2.45) is 5.73 Å². The third-order valence-electron chi connectivity index (χ3n) is 3.17. The largest absolute Gasteiger partial charge is 0.399 e. The molecule has 0 spiro atoms. The highest BCUT2D eigenvalue weighted by atomic mass is 16.5. The number of primary amides is 1. The van der Waals surface area contributed by atoms with E-state index in [9.17, 15) is 4.79 Å². The summed E-state index contributed by atoms with van der Waals surface area (Å²) in [6.45, 7) is 2.73. The third kappa shape index (κ3) is 2.73. The molecule has 1 fully saturated rings. The van der Waals surface area contributed by atoms with E-state index in [2.05, 4.69) is 5.32 Å². The molecular weight excluding hydrogens is 230 g/mol. The lowest BCUT2D eigenvalue weighted by Crippen LogP contribution is -2.41. The summed E-state index contributed by atoms with van der Waals surface area (Å²) in [7, 11) is 0. The van der Waals surface area contributed by atoms with Crippen molar-refractivity contribution in [3.63, 3.8) is 0 Å². The van der Waals surface area contributed by atoms with Crippen LogP contribution in [0.25, 0.3) is 0 Å². The lowest BCUT2D eigenvalue weighted by atomic mass is 9.88. The number of carbonyl (C=O) groups excluding carboxylic acids is 1. The Morgan fingerprint density at radius 3 is 2.83 bits per heavy atom. The van der Waals surface area contributed by atoms with Crippen molar-refractivity contribution in [2.75, 3.05) is 17.7 Å². The van der Waals surface area contributed by atoms with Crippen LogP contribution in [0.4, 0.5) is 11.4 Å². The summed E-state index contributed by atoms with van der Waals surface area (Å²) in [5, 5.41) is 3.30. The van der Waals surface area contributed by atoms with Gasteiger partial charge in [0.15, 0.2) is 0 Å². The predicted octanol–water partition coefficient (Wildman–Crippen LogP) is 1.35. The number of nitrogens with one attached hydrogen (secondary N) is 1.